The predicted octanol–water partition coefficient (Wildman–Crippen LogP) is 16.8. The van der Waals surface area contributed by atoms with Crippen molar-refractivity contribution in [1.82, 2.24) is 19.1 Å². The molecule has 0 atom stereocenters. The first kappa shape index (κ1) is 41.2. The third-order valence-electron chi connectivity index (χ3n) is 13.4. The molecule has 6 heteroatoms. The number of fused-ring (bicyclic) bond motifs is 8. The monoisotopic (exact) mass is 882 g/mol. The number of para-hydroxylation sites is 1. The highest BCUT2D eigenvalue weighted by atomic mass is 16.5. The fourth-order valence-corrected chi connectivity index (χ4v) is 9.87. The highest BCUT2D eigenvalue weighted by molar-refractivity contribution is 6.17. The van der Waals surface area contributed by atoms with Crippen LogP contribution in [0.2, 0.25) is 0 Å². The average molecular weight is 883 g/mol. The number of imidazole rings is 1. The maximum absolute atomic E-state index is 7.00. The van der Waals surface area contributed by atoms with Gasteiger partial charge in [0.1, 0.15) is 34.3 Å². The second-order valence-electron chi connectivity index (χ2n) is 19.9. The van der Waals surface area contributed by atoms with E-state index >= 15 is 0 Å². The lowest BCUT2D eigenvalue weighted by molar-refractivity contribution is 0.484. The van der Waals surface area contributed by atoms with Crippen LogP contribution in [0.25, 0.3) is 99.7 Å². The van der Waals surface area contributed by atoms with E-state index in [9.17, 15) is 0 Å². The van der Waals surface area contributed by atoms with Crippen molar-refractivity contribution in [1.29, 1.82) is 0 Å². The Balaban J connectivity index is 1.00. The van der Waals surface area contributed by atoms with Crippen LogP contribution in [-0.4, -0.2) is 19.1 Å². The third kappa shape index (κ3) is 7.03. The second kappa shape index (κ2) is 15.7. The molecule has 12 aromatic rings. The zero-order valence-electron chi connectivity index (χ0n) is 39.1. The molecule has 0 radical (unpaired) electrons. The van der Waals surface area contributed by atoms with Gasteiger partial charge in [-0.15, -0.1) is 0 Å². The van der Waals surface area contributed by atoms with Gasteiger partial charge in [-0.2, -0.15) is 0 Å². The molecule has 0 spiro atoms. The molecule has 0 aliphatic carbocycles. The molecule has 0 saturated heterocycles. The van der Waals surface area contributed by atoms with Crippen molar-refractivity contribution < 1.29 is 9.15 Å². The number of hydrogen-bond acceptors (Lipinski definition) is 4. The lowest BCUT2D eigenvalue weighted by atomic mass is 9.83. The van der Waals surface area contributed by atoms with Gasteiger partial charge in [0.25, 0.3) is 0 Å². The number of ether oxygens (including phenoxy) is 1. The van der Waals surface area contributed by atoms with Gasteiger partial charge in [0.2, 0.25) is 0 Å². The van der Waals surface area contributed by atoms with E-state index in [0.717, 1.165) is 83.0 Å². The second-order valence-corrected chi connectivity index (χ2v) is 19.9. The van der Waals surface area contributed by atoms with Gasteiger partial charge < -0.3 is 9.15 Å². The number of hydrogen-bond donors (Lipinski definition) is 0. The zero-order valence-corrected chi connectivity index (χ0v) is 39.1. The van der Waals surface area contributed by atoms with Gasteiger partial charge in [0, 0.05) is 51.6 Å². The molecule has 12 rings (SSSR count). The van der Waals surface area contributed by atoms with Crippen molar-refractivity contribution in [2.45, 2.75) is 52.4 Å². The van der Waals surface area contributed by atoms with Gasteiger partial charge in [0.15, 0.2) is 0 Å². The van der Waals surface area contributed by atoms with Crippen molar-refractivity contribution in [3.05, 3.63) is 206 Å². The number of nitrogens with zero attached hydrogens (tertiary/aromatic N) is 4. The molecule has 0 amide bonds. The first-order chi connectivity index (χ1) is 33.0. The van der Waals surface area contributed by atoms with Crippen LogP contribution in [0.15, 0.2) is 199 Å². The number of pyridine rings is 1. The van der Waals surface area contributed by atoms with E-state index < -0.39 is 0 Å². The largest absolute Gasteiger partial charge is 0.457 e. The summed E-state index contributed by atoms with van der Waals surface area (Å²) in [6.07, 6.45) is 5.93. The summed E-state index contributed by atoms with van der Waals surface area (Å²) in [5, 5.41) is 6.44. The molecule has 330 valence electrons. The van der Waals surface area contributed by atoms with E-state index in [1.807, 2.05) is 12.4 Å². The van der Waals surface area contributed by atoms with Gasteiger partial charge in [-0.05, 0) is 104 Å². The zero-order chi connectivity index (χ0) is 46.3. The molecule has 0 unspecified atom stereocenters. The van der Waals surface area contributed by atoms with Crippen molar-refractivity contribution >= 4 is 54.5 Å². The van der Waals surface area contributed by atoms with Gasteiger partial charge >= 0.3 is 0 Å². The summed E-state index contributed by atoms with van der Waals surface area (Å²) in [5.41, 5.74) is 12.5. The topological polar surface area (TPSA) is 58.0 Å². The molecule has 0 aliphatic heterocycles. The van der Waals surface area contributed by atoms with Crippen LogP contribution >= 0.6 is 0 Å². The summed E-state index contributed by atoms with van der Waals surface area (Å²) in [6, 6.07) is 62.3. The van der Waals surface area contributed by atoms with E-state index in [1.165, 1.54) is 27.8 Å². The Labute approximate surface area is 395 Å². The summed E-state index contributed by atoms with van der Waals surface area (Å²) in [6.45, 7) is 13.5. The molecule has 4 aromatic heterocycles. The lowest BCUT2D eigenvalue weighted by Gasteiger charge is -2.25. The average Bonchev–Trinajstić information content (AvgIpc) is 4.08. The minimum atomic E-state index is -0.194. The molecular weight excluding hydrogens is 833 g/mol. The first-order valence-corrected chi connectivity index (χ1v) is 23.4. The summed E-state index contributed by atoms with van der Waals surface area (Å²) < 4.78 is 18.4. The maximum atomic E-state index is 7.00. The van der Waals surface area contributed by atoms with Crippen molar-refractivity contribution in [3.8, 4) is 56.6 Å². The Kier molecular flexibility index (Phi) is 9.52. The Morgan fingerprint density at radius 2 is 1.18 bits per heavy atom. The number of benzene rings is 8. The van der Waals surface area contributed by atoms with E-state index in [4.69, 9.17) is 19.1 Å². The van der Waals surface area contributed by atoms with Gasteiger partial charge in [-0.1, -0.05) is 157 Å². The number of rotatable bonds is 7. The fraction of sp³-hybridized carbons (Fsp3) is 0.129. The van der Waals surface area contributed by atoms with Crippen LogP contribution in [0.4, 0.5) is 0 Å². The molecule has 8 aromatic carbocycles. The van der Waals surface area contributed by atoms with E-state index in [-0.39, 0.29) is 10.8 Å². The minimum absolute atomic E-state index is 0.00598. The number of furan rings is 1. The van der Waals surface area contributed by atoms with Crippen LogP contribution in [0, 0.1) is 0 Å². The molecule has 0 aliphatic rings. The quantitative estimate of drug-likeness (QED) is 0.160. The van der Waals surface area contributed by atoms with Crippen LogP contribution in [0.1, 0.15) is 52.7 Å². The van der Waals surface area contributed by atoms with E-state index in [0.29, 0.717) is 11.5 Å². The van der Waals surface area contributed by atoms with Crippen LogP contribution < -0.4 is 4.74 Å². The van der Waals surface area contributed by atoms with Crippen LogP contribution in [-0.2, 0) is 10.8 Å². The van der Waals surface area contributed by atoms with E-state index in [1.54, 1.807) is 0 Å². The lowest BCUT2D eigenvalue weighted by Crippen LogP contribution is -2.15. The predicted molar refractivity (Wildman–Crippen MR) is 281 cm³/mol. The summed E-state index contributed by atoms with van der Waals surface area (Å²) in [7, 11) is 0. The highest BCUT2D eigenvalue weighted by Crippen LogP contribution is 2.44. The molecule has 4 heterocycles. The first-order valence-electron chi connectivity index (χ1n) is 23.4. The van der Waals surface area contributed by atoms with Crippen molar-refractivity contribution in [2.75, 3.05) is 0 Å². The van der Waals surface area contributed by atoms with Crippen LogP contribution in [0.5, 0.6) is 11.5 Å². The Morgan fingerprint density at radius 3 is 1.94 bits per heavy atom. The maximum Gasteiger partial charge on any atom is 0.148 e. The summed E-state index contributed by atoms with van der Waals surface area (Å²) >= 11 is 0. The molecular formula is C62H50N4O2. The van der Waals surface area contributed by atoms with Gasteiger partial charge in [-0.25, -0.2) is 9.97 Å². The molecule has 68 heavy (non-hydrogen) atoms. The normalized spacial score (nSPS) is 12.3. The fourth-order valence-electron chi connectivity index (χ4n) is 9.87. The smallest absolute Gasteiger partial charge is 0.148 e. The van der Waals surface area contributed by atoms with Crippen molar-refractivity contribution in [3.63, 3.8) is 0 Å². The van der Waals surface area contributed by atoms with Crippen molar-refractivity contribution in [2.24, 2.45) is 0 Å². The summed E-state index contributed by atoms with van der Waals surface area (Å²) in [4.78, 5) is 10.1. The number of aromatic nitrogens is 4. The SMILES string of the molecule is CC(C)(C)c1ccc(-n2c3ccccc3c3ccc(Oc4cc(-c5nccn5-c5ccc(-c6ccc(-c7ccccc7)cc6)cc5C(C)(C)C)c5oc6c7ccccc7ccc6c5c4)cc32)nc1. The molecule has 0 fully saturated rings. The molecule has 0 N–H and O–H groups in total. The minimum Gasteiger partial charge on any atom is -0.457 e. The molecule has 6 nitrogen and oxygen atoms in total. The molecule has 0 bridgehead atoms. The van der Waals surface area contributed by atoms with E-state index in [2.05, 4.69) is 233 Å². The standard InChI is InChI=1S/C62H50N4O2/c1-61(2,3)44-26-31-57(64-38-44)66-54-19-13-12-18-48(54)49-29-27-45(37-56(49)66)67-46-35-51-50-28-24-42-16-10-11-17-47(42)58(50)68-59(51)52(36-46)60-63-32-33-65(60)55-30-25-43(34-53(55)62(4,5)6)41-22-20-40(21-23-41)39-14-8-7-9-15-39/h7-38H,1-6H3. The summed E-state index contributed by atoms with van der Waals surface area (Å²) in [5.74, 6) is 3.01. The van der Waals surface area contributed by atoms with Gasteiger partial charge in [0.05, 0.1) is 22.3 Å². The van der Waals surface area contributed by atoms with Gasteiger partial charge in [-0.3, -0.25) is 9.13 Å². The highest BCUT2D eigenvalue weighted by Gasteiger charge is 2.25. The third-order valence-corrected chi connectivity index (χ3v) is 13.4. The Bertz CT molecular complexity index is 3880. The molecule has 0 saturated carbocycles. The van der Waals surface area contributed by atoms with Crippen LogP contribution in [0.3, 0.4) is 0 Å². The Hall–Kier alpha value is -8.22. The Morgan fingerprint density at radius 1 is 0.485 bits per heavy atom.